The van der Waals surface area contributed by atoms with Crippen LogP contribution in [0.4, 0.5) is 24.5 Å². The summed E-state index contributed by atoms with van der Waals surface area (Å²) in [4.78, 5) is 25.6. The van der Waals surface area contributed by atoms with Crippen LogP contribution < -0.4 is 20.9 Å². The van der Waals surface area contributed by atoms with Gasteiger partial charge in [-0.3, -0.25) is 4.79 Å². The van der Waals surface area contributed by atoms with Gasteiger partial charge in [-0.05, 0) is 96.3 Å². The Morgan fingerprint density at radius 1 is 0.833 bits per heavy atom. The zero-order valence-electron chi connectivity index (χ0n) is 22.8. The Bertz CT molecular complexity index is 1580. The molecule has 0 aliphatic heterocycles. The van der Waals surface area contributed by atoms with Crippen LogP contribution in [-0.2, 0) is 0 Å². The number of benzene rings is 4. The number of ketones is 1. The fraction of sp³-hybridized carbons (Fsp3) is 0.152. The van der Waals surface area contributed by atoms with Gasteiger partial charge in [0, 0.05) is 23.4 Å². The number of hydrogen-bond acceptors (Lipinski definition) is 6. The van der Waals surface area contributed by atoms with E-state index in [2.05, 4.69) is 0 Å². The first-order chi connectivity index (χ1) is 20.0. The van der Waals surface area contributed by atoms with E-state index in [1.54, 1.807) is 48.5 Å². The minimum Gasteiger partial charge on any atom is -0.494 e. The van der Waals surface area contributed by atoms with Gasteiger partial charge in [-0.1, -0.05) is 36.4 Å². The predicted octanol–water partition coefficient (Wildman–Crippen LogP) is 7.66. The lowest BCUT2D eigenvalue weighted by Gasteiger charge is -2.13. The van der Waals surface area contributed by atoms with Crippen LogP contribution >= 0.6 is 0 Å². The summed E-state index contributed by atoms with van der Waals surface area (Å²) in [6.45, 7) is 1.77. The number of carbonyl (C=O) groups excluding carboxylic acids is 2. The molecule has 4 N–H and O–H groups in total. The number of hydrogen-bond donors (Lipinski definition) is 2. The quantitative estimate of drug-likeness (QED) is 0.0503. The number of ether oxygens (including phenoxy) is 2. The molecule has 9 heteroatoms. The number of alkyl halides is 3. The minimum atomic E-state index is -4.22. The maximum Gasteiger partial charge on any atom is 0.389 e. The van der Waals surface area contributed by atoms with Crippen molar-refractivity contribution < 1.29 is 32.2 Å². The van der Waals surface area contributed by atoms with E-state index in [1.807, 2.05) is 25.1 Å². The van der Waals surface area contributed by atoms with E-state index >= 15 is 0 Å². The summed E-state index contributed by atoms with van der Waals surface area (Å²) in [6, 6.07) is 23.5. The zero-order valence-corrected chi connectivity index (χ0v) is 22.8. The summed E-state index contributed by atoms with van der Waals surface area (Å²) in [5.74, 6) is -0.199. The van der Waals surface area contributed by atoms with E-state index in [0.717, 1.165) is 16.7 Å². The molecule has 0 aliphatic carbocycles. The first-order valence-corrected chi connectivity index (χ1v) is 13.1. The van der Waals surface area contributed by atoms with Crippen molar-refractivity contribution in [3.05, 3.63) is 113 Å². The second-order valence-electron chi connectivity index (χ2n) is 9.57. The Hall–Kier alpha value is -5.05. The fourth-order valence-electron chi connectivity index (χ4n) is 4.25. The minimum absolute atomic E-state index is 0.0846. The topological polar surface area (TPSA) is 105 Å². The molecule has 216 valence electrons. The Morgan fingerprint density at radius 3 is 2.12 bits per heavy atom. The summed E-state index contributed by atoms with van der Waals surface area (Å²) in [5, 5.41) is 0. The van der Waals surface area contributed by atoms with Crippen LogP contribution in [0, 0.1) is 6.92 Å². The largest absolute Gasteiger partial charge is 0.494 e. The molecule has 0 atom stereocenters. The third-order valence-corrected chi connectivity index (χ3v) is 6.45. The molecule has 0 amide bonds. The number of allylic oxidation sites excluding steroid dienone is 1. The molecule has 0 bridgehead atoms. The number of nitrogen functional groups attached to an aromatic ring is 2. The second-order valence-corrected chi connectivity index (χ2v) is 9.57. The van der Waals surface area contributed by atoms with Gasteiger partial charge in [0.05, 0.1) is 12.2 Å². The van der Waals surface area contributed by atoms with Crippen LogP contribution in [0.3, 0.4) is 0 Å². The lowest BCUT2D eigenvalue weighted by atomic mass is 9.93. The second kappa shape index (κ2) is 13.1. The first kappa shape index (κ1) is 29.9. The number of esters is 1. The van der Waals surface area contributed by atoms with E-state index in [4.69, 9.17) is 20.9 Å². The predicted molar refractivity (Wildman–Crippen MR) is 157 cm³/mol. The molecule has 0 saturated heterocycles. The van der Waals surface area contributed by atoms with Gasteiger partial charge in [0.15, 0.2) is 5.78 Å². The van der Waals surface area contributed by atoms with Crippen molar-refractivity contribution in [1.82, 2.24) is 0 Å². The summed E-state index contributed by atoms with van der Waals surface area (Å²) in [7, 11) is 0. The third kappa shape index (κ3) is 8.00. The van der Waals surface area contributed by atoms with E-state index in [-0.39, 0.29) is 24.4 Å². The van der Waals surface area contributed by atoms with Crippen LogP contribution in [-0.4, -0.2) is 24.5 Å². The van der Waals surface area contributed by atoms with Crippen LogP contribution in [0.15, 0.2) is 91.0 Å². The number of rotatable bonds is 10. The van der Waals surface area contributed by atoms with E-state index in [1.165, 1.54) is 30.3 Å². The molecule has 4 aromatic rings. The molecular formula is C33H29F3N2O4. The Morgan fingerprint density at radius 2 is 1.48 bits per heavy atom. The monoisotopic (exact) mass is 574 g/mol. The van der Waals surface area contributed by atoms with Gasteiger partial charge in [0.25, 0.3) is 0 Å². The average Bonchev–Trinajstić information content (AvgIpc) is 2.95. The number of nitrogens with two attached hydrogens (primary N) is 2. The molecule has 0 fully saturated rings. The maximum atomic E-state index is 13.1. The lowest BCUT2D eigenvalue weighted by Crippen LogP contribution is -2.10. The normalized spacial score (nSPS) is 11.4. The molecule has 4 aromatic carbocycles. The van der Waals surface area contributed by atoms with Crippen LogP contribution in [0.5, 0.6) is 11.5 Å². The van der Waals surface area contributed by atoms with Crippen molar-refractivity contribution >= 4 is 29.2 Å². The third-order valence-electron chi connectivity index (χ3n) is 6.45. The SMILES string of the molecule is Cc1c(-c2ccc(N)cc2)ccc(N)c1C(=O)/C=C/c1ccc(OC(=O)c2ccc(OCCCC(F)(F)F)cc2)cc1. The fourth-order valence-corrected chi connectivity index (χ4v) is 4.25. The molecule has 0 radical (unpaired) electrons. The highest BCUT2D eigenvalue weighted by Crippen LogP contribution is 2.30. The van der Waals surface area contributed by atoms with Crippen molar-refractivity contribution in [3.8, 4) is 22.6 Å². The Kier molecular flexibility index (Phi) is 9.32. The van der Waals surface area contributed by atoms with Gasteiger partial charge in [-0.15, -0.1) is 0 Å². The molecule has 42 heavy (non-hydrogen) atoms. The van der Waals surface area contributed by atoms with Crippen LogP contribution in [0.25, 0.3) is 17.2 Å². The molecule has 0 saturated carbocycles. The number of halogens is 3. The van der Waals surface area contributed by atoms with Crippen molar-refractivity contribution in [2.45, 2.75) is 25.9 Å². The van der Waals surface area contributed by atoms with Gasteiger partial charge in [0.1, 0.15) is 11.5 Å². The van der Waals surface area contributed by atoms with Crippen molar-refractivity contribution in [2.75, 3.05) is 18.1 Å². The zero-order chi connectivity index (χ0) is 30.3. The van der Waals surface area contributed by atoms with Crippen LogP contribution in [0.1, 0.15) is 44.7 Å². The number of carbonyl (C=O) groups is 2. The van der Waals surface area contributed by atoms with Crippen molar-refractivity contribution in [3.63, 3.8) is 0 Å². The highest BCUT2D eigenvalue weighted by atomic mass is 19.4. The standard InChI is InChI=1S/C33H29F3N2O4/c1-21-28(23-6-10-25(37)11-7-23)16-17-29(38)31(21)30(39)18-5-22-3-12-27(13-4-22)42-32(40)24-8-14-26(15-9-24)41-20-2-19-33(34,35)36/h3-18H,2,19-20,37-38H2,1H3/b18-5+. The van der Waals surface area contributed by atoms with Gasteiger partial charge in [0.2, 0.25) is 0 Å². The van der Waals surface area contributed by atoms with Crippen molar-refractivity contribution in [1.29, 1.82) is 0 Å². The van der Waals surface area contributed by atoms with Crippen molar-refractivity contribution in [2.24, 2.45) is 0 Å². The van der Waals surface area contributed by atoms with E-state index < -0.39 is 18.6 Å². The average molecular weight is 575 g/mol. The van der Waals surface area contributed by atoms with Crippen LogP contribution in [0.2, 0.25) is 0 Å². The summed E-state index contributed by atoms with van der Waals surface area (Å²) in [5.41, 5.74) is 16.9. The summed E-state index contributed by atoms with van der Waals surface area (Å²) >= 11 is 0. The smallest absolute Gasteiger partial charge is 0.389 e. The highest BCUT2D eigenvalue weighted by Gasteiger charge is 2.26. The summed E-state index contributed by atoms with van der Waals surface area (Å²) < 4.78 is 47.4. The maximum absolute atomic E-state index is 13.1. The Balaban J connectivity index is 1.35. The molecule has 6 nitrogen and oxygen atoms in total. The highest BCUT2D eigenvalue weighted by molar-refractivity contribution is 6.12. The molecule has 0 spiro atoms. The van der Waals surface area contributed by atoms with E-state index in [0.29, 0.717) is 34.0 Å². The lowest BCUT2D eigenvalue weighted by molar-refractivity contribution is -0.136. The molecule has 0 unspecified atom stereocenters. The number of anilines is 2. The molecule has 0 heterocycles. The van der Waals surface area contributed by atoms with Gasteiger partial charge in [-0.2, -0.15) is 13.2 Å². The molecule has 0 aromatic heterocycles. The molecular weight excluding hydrogens is 545 g/mol. The summed E-state index contributed by atoms with van der Waals surface area (Å²) in [6.07, 6.45) is -2.20. The van der Waals surface area contributed by atoms with Gasteiger partial charge in [-0.25, -0.2) is 4.79 Å². The Labute approximate surface area is 241 Å². The molecule has 0 aliphatic rings. The first-order valence-electron chi connectivity index (χ1n) is 13.1. The van der Waals surface area contributed by atoms with Gasteiger partial charge >= 0.3 is 12.1 Å². The molecule has 4 rings (SSSR count). The van der Waals surface area contributed by atoms with E-state index in [9.17, 15) is 22.8 Å². The van der Waals surface area contributed by atoms with Gasteiger partial charge < -0.3 is 20.9 Å².